The molecule has 0 aromatic heterocycles. The monoisotopic (exact) mass is 494 g/mol. The van der Waals surface area contributed by atoms with E-state index in [9.17, 15) is 13.2 Å². The van der Waals surface area contributed by atoms with E-state index in [4.69, 9.17) is 32.7 Å². The van der Waals surface area contributed by atoms with E-state index in [1.54, 1.807) is 24.3 Å². The Morgan fingerprint density at radius 3 is 2.31 bits per heavy atom. The van der Waals surface area contributed by atoms with Crippen LogP contribution in [0.1, 0.15) is 5.56 Å². The maximum atomic E-state index is 12.7. The van der Waals surface area contributed by atoms with Gasteiger partial charge in [0.15, 0.2) is 6.61 Å². The number of rotatable bonds is 8. The standard InChI is InChI=1S/C22H20Cl2N2O5S/c1-14-3-9-21(30-2)19(11-14)26-32(28,29)17-7-5-16(6-8-17)25-22(27)13-31-20-10-4-15(23)12-18(20)24/h3-12,26H,13H2,1-2H3,(H,25,27). The SMILES string of the molecule is COc1ccc(C)cc1NS(=O)(=O)c1ccc(NC(=O)COc2ccc(Cl)cc2Cl)cc1. The zero-order valence-corrected chi connectivity index (χ0v) is 19.5. The number of aryl methyl sites for hydroxylation is 1. The van der Waals surface area contributed by atoms with Gasteiger partial charge in [0.1, 0.15) is 11.5 Å². The summed E-state index contributed by atoms with van der Waals surface area (Å²) >= 11 is 11.8. The summed E-state index contributed by atoms with van der Waals surface area (Å²) in [6.07, 6.45) is 0. The minimum atomic E-state index is -3.86. The van der Waals surface area contributed by atoms with Gasteiger partial charge in [0.2, 0.25) is 0 Å². The highest BCUT2D eigenvalue weighted by atomic mass is 35.5. The van der Waals surface area contributed by atoms with Gasteiger partial charge in [-0.05, 0) is 67.1 Å². The number of methoxy groups -OCH3 is 1. The molecule has 0 aliphatic heterocycles. The summed E-state index contributed by atoms with van der Waals surface area (Å²) in [7, 11) is -2.39. The predicted octanol–water partition coefficient (Wildman–Crippen LogP) is 5.13. The average Bonchev–Trinajstić information content (AvgIpc) is 2.73. The number of carbonyl (C=O) groups excluding carboxylic acids is 1. The molecular formula is C22H20Cl2N2O5S. The van der Waals surface area contributed by atoms with Crippen molar-refractivity contribution in [1.82, 2.24) is 0 Å². The van der Waals surface area contributed by atoms with E-state index in [2.05, 4.69) is 10.0 Å². The molecule has 168 valence electrons. The van der Waals surface area contributed by atoms with E-state index < -0.39 is 15.9 Å². The smallest absolute Gasteiger partial charge is 0.262 e. The number of nitrogens with one attached hydrogen (secondary N) is 2. The van der Waals surface area contributed by atoms with Crippen LogP contribution in [0.4, 0.5) is 11.4 Å². The lowest BCUT2D eigenvalue weighted by molar-refractivity contribution is -0.118. The first kappa shape index (κ1) is 23.7. The molecule has 0 spiro atoms. The van der Waals surface area contributed by atoms with Crippen LogP contribution >= 0.6 is 23.2 Å². The van der Waals surface area contributed by atoms with Crippen molar-refractivity contribution in [2.75, 3.05) is 23.8 Å². The van der Waals surface area contributed by atoms with Crippen LogP contribution in [-0.4, -0.2) is 28.0 Å². The van der Waals surface area contributed by atoms with Gasteiger partial charge in [0.25, 0.3) is 15.9 Å². The lowest BCUT2D eigenvalue weighted by Gasteiger charge is -2.13. The molecule has 0 atom stereocenters. The fourth-order valence-corrected chi connectivity index (χ4v) is 4.28. The number of halogens is 2. The zero-order chi connectivity index (χ0) is 23.3. The van der Waals surface area contributed by atoms with Crippen molar-refractivity contribution in [2.24, 2.45) is 0 Å². The average molecular weight is 495 g/mol. The Morgan fingerprint density at radius 2 is 1.66 bits per heavy atom. The predicted molar refractivity (Wildman–Crippen MR) is 126 cm³/mol. The Bertz CT molecular complexity index is 1230. The van der Waals surface area contributed by atoms with Crippen molar-refractivity contribution in [1.29, 1.82) is 0 Å². The fourth-order valence-electron chi connectivity index (χ4n) is 2.76. The van der Waals surface area contributed by atoms with E-state index in [1.807, 2.05) is 13.0 Å². The third-order valence-corrected chi connectivity index (χ3v) is 6.21. The molecule has 0 aliphatic carbocycles. The molecule has 2 N–H and O–H groups in total. The number of sulfonamides is 1. The molecule has 7 nitrogen and oxygen atoms in total. The molecule has 0 saturated carbocycles. The van der Waals surface area contributed by atoms with Crippen LogP contribution in [0.3, 0.4) is 0 Å². The van der Waals surface area contributed by atoms with E-state index in [0.29, 0.717) is 27.9 Å². The fraction of sp³-hybridized carbons (Fsp3) is 0.136. The third kappa shape index (κ3) is 6.06. The Hall–Kier alpha value is -2.94. The summed E-state index contributed by atoms with van der Waals surface area (Å²) in [6.45, 7) is 1.56. The molecule has 0 unspecified atom stereocenters. The molecular weight excluding hydrogens is 475 g/mol. The molecule has 0 radical (unpaired) electrons. The molecule has 3 aromatic carbocycles. The highest BCUT2D eigenvalue weighted by Crippen LogP contribution is 2.29. The normalized spacial score (nSPS) is 11.0. The number of benzene rings is 3. The topological polar surface area (TPSA) is 93.7 Å². The van der Waals surface area contributed by atoms with Gasteiger partial charge in [-0.3, -0.25) is 9.52 Å². The van der Waals surface area contributed by atoms with Crippen LogP contribution in [0, 0.1) is 6.92 Å². The van der Waals surface area contributed by atoms with Crippen LogP contribution in [0.15, 0.2) is 65.6 Å². The number of hydrogen-bond acceptors (Lipinski definition) is 5. The number of amides is 1. The summed E-state index contributed by atoms with van der Waals surface area (Å²) in [4.78, 5) is 12.2. The highest BCUT2D eigenvalue weighted by Gasteiger charge is 2.17. The van der Waals surface area contributed by atoms with E-state index in [1.165, 1.54) is 37.4 Å². The second-order valence-electron chi connectivity index (χ2n) is 6.75. The third-order valence-electron chi connectivity index (χ3n) is 4.30. The van der Waals surface area contributed by atoms with Gasteiger partial charge < -0.3 is 14.8 Å². The van der Waals surface area contributed by atoms with Crippen molar-refractivity contribution in [3.8, 4) is 11.5 Å². The lowest BCUT2D eigenvalue weighted by Crippen LogP contribution is -2.20. The van der Waals surface area contributed by atoms with E-state index >= 15 is 0 Å². The molecule has 0 heterocycles. The number of hydrogen-bond donors (Lipinski definition) is 2. The molecule has 32 heavy (non-hydrogen) atoms. The van der Waals surface area contributed by atoms with Gasteiger partial charge in [-0.1, -0.05) is 29.3 Å². The van der Waals surface area contributed by atoms with Crippen LogP contribution in [0.2, 0.25) is 10.0 Å². The summed E-state index contributed by atoms with van der Waals surface area (Å²) in [5, 5.41) is 3.37. The van der Waals surface area contributed by atoms with Gasteiger partial charge in [-0.2, -0.15) is 0 Å². The first-order chi connectivity index (χ1) is 15.2. The Morgan fingerprint density at radius 1 is 0.969 bits per heavy atom. The first-order valence-corrected chi connectivity index (χ1v) is 11.6. The van der Waals surface area contributed by atoms with Crippen LogP contribution in [-0.2, 0) is 14.8 Å². The van der Waals surface area contributed by atoms with Crippen molar-refractivity contribution in [2.45, 2.75) is 11.8 Å². The van der Waals surface area contributed by atoms with Crippen LogP contribution < -0.4 is 19.5 Å². The largest absolute Gasteiger partial charge is 0.495 e. The quantitative estimate of drug-likeness (QED) is 0.452. The molecule has 1 amide bonds. The first-order valence-electron chi connectivity index (χ1n) is 9.33. The maximum absolute atomic E-state index is 12.7. The second kappa shape index (κ2) is 10.1. The van der Waals surface area contributed by atoms with Gasteiger partial charge >= 0.3 is 0 Å². The zero-order valence-electron chi connectivity index (χ0n) is 17.2. The summed E-state index contributed by atoms with van der Waals surface area (Å²) in [5.74, 6) is 0.295. The van der Waals surface area contributed by atoms with Crippen molar-refractivity contribution in [3.63, 3.8) is 0 Å². The van der Waals surface area contributed by atoms with Gasteiger partial charge in [-0.25, -0.2) is 8.42 Å². The van der Waals surface area contributed by atoms with Gasteiger partial charge in [-0.15, -0.1) is 0 Å². The molecule has 0 saturated heterocycles. The number of carbonyl (C=O) groups is 1. The summed E-state index contributed by atoms with van der Waals surface area (Å²) < 4.78 is 38.6. The summed E-state index contributed by atoms with van der Waals surface area (Å²) in [5.41, 5.74) is 1.62. The number of ether oxygens (including phenoxy) is 2. The van der Waals surface area contributed by atoms with E-state index in [-0.39, 0.29) is 16.5 Å². The maximum Gasteiger partial charge on any atom is 0.262 e. The minimum absolute atomic E-state index is 0.0308. The second-order valence-corrected chi connectivity index (χ2v) is 9.27. The Kier molecular flexibility index (Phi) is 7.50. The van der Waals surface area contributed by atoms with E-state index in [0.717, 1.165) is 5.56 Å². The Balaban J connectivity index is 1.64. The van der Waals surface area contributed by atoms with Crippen molar-refractivity contribution in [3.05, 3.63) is 76.3 Å². The van der Waals surface area contributed by atoms with Gasteiger partial charge in [0.05, 0.1) is 22.7 Å². The molecule has 3 rings (SSSR count). The molecule has 0 aliphatic rings. The molecule has 0 fully saturated rings. The molecule has 10 heteroatoms. The van der Waals surface area contributed by atoms with Gasteiger partial charge in [0, 0.05) is 10.7 Å². The Labute approximate surface area is 196 Å². The van der Waals surface area contributed by atoms with Crippen molar-refractivity contribution >= 4 is 50.5 Å². The number of anilines is 2. The summed E-state index contributed by atoms with van der Waals surface area (Å²) in [6, 6.07) is 15.6. The van der Waals surface area contributed by atoms with Crippen molar-refractivity contribution < 1.29 is 22.7 Å². The van der Waals surface area contributed by atoms with Crippen LogP contribution in [0.25, 0.3) is 0 Å². The highest BCUT2D eigenvalue weighted by molar-refractivity contribution is 7.92. The molecule has 3 aromatic rings. The minimum Gasteiger partial charge on any atom is -0.495 e. The lowest BCUT2D eigenvalue weighted by atomic mass is 10.2. The van der Waals surface area contributed by atoms with Crippen LogP contribution in [0.5, 0.6) is 11.5 Å². The molecule has 0 bridgehead atoms.